The fraction of sp³-hybridized carbons (Fsp3) is 0.231. The van der Waals surface area contributed by atoms with Crippen LogP contribution < -0.4 is 4.57 Å². The third-order valence-electron chi connectivity index (χ3n) is 5.64. The maximum atomic E-state index is 6.18. The van der Waals surface area contributed by atoms with E-state index in [0.29, 0.717) is 0 Å². The van der Waals surface area contributed by atoms with Crippen molar-refractivity contribution in [2.45, 2.75) is 33.1 Å². The van der Waals surface area contributed by atoms with Crippen LogP contribution >= 0.6 is 0 Å². The van der Waals surface area contributed by atoms with Crippen LogP contribution in [0.3, 0.4) is 0 Å². The number of aromatic nitrogens is 3. The molecule has 0 aliphatic heterocycles. The van der Waals surface area contributed by atoms with Gasteiger partial charge in [-0.3, -0.25) is 0 Å². The molecule has 2 heterocycles. The van der Waals surface area contributed by atoms with Gasteiger partial charge in [0.25, 0.3) is 5.82 Å². The van der Waals surface area contributed by atoms with Crippen molar-refractivity contribution in [3.05, 3.63) is 78.2 Å². The van der Waals surface area contributed by atoms with Crippen LogP contribution in [0.2, 0.25) is 0 Å². The highest BCUT2D eigenvalue weighted by Gasteiger charge is 2.28. The van der Waals surface area contributed by atoms with Gasteiger partial charge in [-0.15, -0.1) is 0 Å². The molecule has 0 unspecified atom stereocenters. The molecule has 30 heavy (non-hydrogen) atoms. The number of hydrogen-bond donors (Lipinski definition) is 0. The van der Waals surface area contributed by atoms with Gasteiger partial charge in [0.1, 0.15) is 11.2 Å². The van der Waals surface area contributed by atoms with E-state index in [2.05, 4.69) is 111 Å². The van der Waals surface area contributed by atoms with Crippen molar-refractivity contribution >= 4 is 22.1 Å². The third kappa shape index (κ3) is 2.83. The number of aryl methyl sites for hydroxylation is 2. The van der Waals surface area contributed by atoms with Gasteiger partial charge in [-0.1, -0.05) is 51.1 Å². The Bertz CT molecular complexity index is 1390. The SMILES string of the molecule is Cc1cc2nc(C(C)(C)C)oc2cc1-c1n(-c2ccccc2)c2ccccc2[n+]1C. The molecular weight excluding hydrogens is 370 g/mol. The zero-order chi connectivity index (χ0) is 21.0. The number of imidazole rings is 1. The highest BCUT2D eigenvalue weighted by Crippen LogP contribution is 2.33. The number of rotatable bonds is 2. The molecule has 4 nitrogen and oxygen atoms in total. The standard InChI is InChI=1S/C26H26N3O/c1-17-15-20-23(30-25(27-20)26(2,3)4)16-19(17)24-28(5)21-13-9-10-14-22(21)29(24)18-11-7-6-8-12-18/h6-16H,1-5H3/q+1. The normalized spacial score (nSPS) is 12.2. The Morgan fingerprint density at radius 1 is 0.933 bits per heavy atom. The number of oxazole rings is 1. The van der Waals surface area contributed by atoms with E-state index in [-0.39, 0.29) is 5.41 Å². The van der Waals surface area contributed by atoms with Gasteiger partial charge in [-0.2, -0.15) is 4.57 Å². The molecule has 0 bridgehead atoms. The average molecular weight is 397 g/mol. The monoisotopic (exact) mass is 396 g/mol. The van der Waals surface area contributed by atoms with Gasteiger partial charge in [0, 0.05) is 5.41 Å². The molecule has 0 fully saturated rings. The van der Waals surface area contributed by atoms with Crippen molar-refractivity contribution in [3.63, 3.8) is 0 Å². The highest BCUT2D eigenvalue weighted by molar-refractivity contribution is 5.84. The lowest BCUT2D eigenvalue weighted by Crippen LogP contribution is -2.30. The zero-order valence-electron chi connectivity index (χ0n) is 18.1. The van der Waals surface area contributed by atoms with E-state index in [0.717, 1.165) is 34.1 Å². The Morgan fingerprint density at radius 3 is 2.37 bits per heavy atom. The number of hydrogen-bond acceptors (Lipinski definition) is 2. The molecule has 0 saturated heterocycles. The van der Waals surface area contributed by atoms with E-state index in [1.807, 2.05) is 0 Å². The van der Waals surface area contributed by atoms with Crippen LogP contribution in [-0.2, 0) is 12.5 Å². The summed E-state index contributed by atoms with van der Waals surface area (Å²) in [5.74, 6) is 1.89. The minimum atomic E-state index is -0.128. The largest absolute Gasteiger partial charge is 0.440 e. The minimum Gasteiger partial charge on any atom is -0.440 e. The average Bonchev–Trinajstić information content (AvgIpc) is 3.27. The lowest BCUT2D eigenvalue weighted by atomic mass is 9.97. The molecule has 4 heteroatoms. The summed E-state index contributed by atoms with van der Waals surface area (Å²) in [6, 6.07) is 23.3. The molecule has 0 aliphatic rings. The minimum absolute atomic E-state index is 0.128. The number of para-hydroxylation sites is 3. The first-order chi connectivity index (χ1) is 14.3. The summed E-state index contributed by atoms with van der Waals surface area (Å²) in [6.45, 7) is 8.52. The van der Waals surface area contributed by atoms with Crippen LogP contribution in [0, 0.1) is 6.92 Å². The molecule has 0 spiro atoms. The molecule has 0 aliphatic carbocycles. The summed E-state index contributed by atoms with van der Waals surface area (Å²) in [7, 11) is 2.13. The summed E-state index contributed by atoms with van der Waals surface area (Å²) >= 11 is 0. The van der Waals surface area contributed by atoms with Crippen molar-refractivity contribution < 1.29 is 8.98 Å². The Balaban J connectivity index is 1.84. The molecule has 0 saturated carbocycles. The molecule has 150 valence electrons. The Hall–Kier alpha value is -3.40. The van der Waals surface area contributed by atoms with E-state index < -0.39 is 0 Å². The maximum Gasteiger partial charge on any atom is 0.295 e. The van der Waals surface area contributed by atoms with Crippen LogP contribution in [0.25, 0.3) is 39.2 Å². The molecule has 0 radical (unpaired) electrons. The van der Waals surface area contributed by atoms with Crippen LogP contribution in [-0.4, -0.2) is 9.55 Å². The predicted octanol–water partition coefficient (Wildman–Crippen LogP) is 5.87. The third-order valence-corrected chi connectivity index (χ3v) is 5.64. The first-order valence-corrected chi connectivity index (χ1v) is 10.3. The van der Waals surface area contributed by atoms with Crippen molar-refractivity contribution in [3.8, 4) is 17.1 Å². The highest BCUT2D eigenvalue weighted by atomic mass is 16.3. The lowest BCUT2D eigenvalue weighted by Gasteiger charge is -2.11. The number of nitrogens with zero attached hydrogens (tertiary/aromatic N) is 3. The van der Waals surface area contributed by atoms with Crippen LogP contribution in [0.15, 0.2) is 71.1 Å². The van der Waals surface area contributed by atoms with Gasteiger partial charge < -0.3 is 4.42 Å². The van der Waals surface area contributed by atoms with Gasteiger partial charge in [0.15, 0.2) is 16.6 Å². The van der Waals surface area contributed by atoms with Crippen LogP contribution in [0.4, 0.5) is 0 Å². The molecule has 2 aromatic heterocycles. The van der Waals surface area contributed by atoms with Gasteiger partial charge in [0.05, 0.1) is 12.6 Å². The zero-order valence-corrected chi connectivity index (χ0v) is 18.1. The van der Waals surface area contributed by atoms with Gasteiger partial charge >= 0.3 is 0 Å². The van der Waals surface area contributed by atoms with E-state index in [1.165, 1.54) is 16.6 Å². The number of fused-ring (bicyclic) bond motifs is 2. The molecular formula is C26H26N3O+. The van der Waals surface area contributed by atoms with Gasteiger partial charge in [-0.25, -0.2) is 9.55 Å². The van der Waals surface area contributed by atoms with Gasteiger partial charge in [0.2, 0.25) is 5.89 Å². The quantitative estimate of drug-likeness (QED) is 0.350. The Morgan fingerprint density at radius 2 is 1.63 bits per heavy atom. The molecule has 5 aromatic rings. The molecule has 0 amide bonds. The van der Waals surface area contributed by atoms with Crippen molar-refractivity contribution in [2.24, 2.45) is 7.05 Å². The first-order valence-electron chi connectivity index (χ1n) is 10.3. The topological polar surface area (TPSA) is 34.8 Å². The van der Waals surface area contributed by atoms with E-state index >= 15 is 0 Å². The molecule has 3 aromatic carbocycles. The first kappa shape index (κ1) is 18.6. The fourth-order valence-corrected chi connectivity index (χ4v) is 4.09. The summed E-state index contributed by atoms with van der Waals surface area (Å²) in [4.78, 5) is 4.75. The van der Waals surface area contributed by atoms with Crippen molar-refractivity contribution in [1.29, 1.82) is 0 Å². The second-order valence-corrected chi connectivity index (χ2v) is 8.95. The summed E-state index contributed by atoms with van der Waals surface area (Å²) < 4.78 is 10.8. The Labute approximate surface area is 176 Å². The summed E-state index contributed by atoms with van der Waals surface area (Å²) in [5, 5.41) is 0. The predicted molar refractivity (Wildman–Crippen MR) is 121 cm³/mol. The Kier molecular flexibility index (Phi) is 4.07. The van der Waals surface area contributed by atoms with Crippen LogP contribution in [0.1, 0.15) is 32.2 Å². The van der Waals surface area contributed by atoms with Crippen LogP contribution in [0.5, 0.6) is 0 Å². The van der Waals surface area contributed by atoms with Gasteiger partial charge in [-0.05, 0) is 48.9 Å². The maximum absolute atomic E-state index is 6.18. The van der Waals surface area contributed by atoms with E-state index in [9.17, 15) is 0 Å². The summed E-state index contributed by atoms with van der Waals surface area (Å²) in [6.07, 6.45) is 0. The molecule has 0 N–H and O–H groups in total. The second kappa shape index (κ2) is 6.56. The second-order valence-electron chi connectivity index (χ2n) is 8.95. The number of benzene rings is 3. The van der Waals surface area contributed by atoms with Crippen molar-refractivity contribution in [2.75, 3.05) is 0 Å². The van der Waals surface area contributed by atoms with Crippen molar-refractivity contribution in [1.82, 2.24) is 9.55 Å². The van der Waals surface area contributed by atoms with E-state index in [1.54, 1.807) is 0 Å². The smallest absolute Gasteiger partial charge is 0.295 e. The molecule has 5 rings (SSSR count). The summed E-state index contributed by atoms with van der Waals surface area (Å²) in [5.41, 5.74) is 7.41. The molecule has 0 atom stereocenters. The lowest BCUT2D eigenvalue weighted by molar-refractivity contribution is -0.633. The fourth-order valence-electron chi connectivity index (χ4n) is 4.09. The van der Waals surface area contributed by atoms with E-state index in [4.69, 9.17) is 9.40 Å².